The van der Waals surface area contributed by atoms with E-state index >= 15 is 0 Å². The second kappa shape index (κ2) is 6.74. The van der Waals surface area contributed by atoms with Crippen molar-refractivity contribution in [3.63, 3.8) is 0 Å². The Kier molecular flexibility index (Phi) is 4.68. The molecule has 0 bridgehead atoms. The molecule has 1 aliphatic carbocycles. The van der Waals surface area contributed by atoms with Crippen LogP contribution in [-0.2, 0) is 11.3 Å². The van der Waals surface area contributed by atoms with Gasteiger partial charge in [-0.3, -0.25) is 19.1 Å². The summed E-state index contributed by atoms with van der Waals surface area (Å²) in [6, 6.07) is 3.71. The molecule has 0 radical (unpaired) electrons. The molecule has 0 aromatic carbocycles. The predicted molar refractivity (Wildman–Crippen MR) is 90.0 cm³/mol. The highest BCUT2D eigenvalue weighted by molar-refractivity contribution is 7.10. The number of thiophene rings is 1. The molecular weight excluding hydrogens is 330 g/mol. The third-order valence-corrected chi connectivity index (χ3v) is 5.25. The monoisotopic (exact) mass is 349 g/mol. The number of aromatic amines is 1. The molecule has 7 nitrogen and oxygen atoms in total. The first-order valence-electron chi connectivity index (χ1n) is 7.75. The van der Waals surface area contributed by atoms with E-state index in [1.54, 1.807) is 18.3 Å². The quantitative estimate of drug-likeness (QED) is 0.732. The summed E-state index contributed by atoms with van der Waals surface area (Å²) >= 11 is 1.55. The zero-order valence-electron chi connectivity index (χ0n) is 13.2. The number of carbonyl (C=O) groups excluding carboxylic acids is 1. The number of nitrogens with zero attached hydrogens (tertiary/aromatic N) is 1. The van der Waals surface area contributed by atoms with E-state index < -0.39 is 11.2 Å². The number of hydrogen-bond acceptors (Lipinski definition) is 5. The van der Waals surface area contributed by atoms with Crippen LogP contribution in [0.5, 0.6) is 0 Å². The van der Waals surface area contributed by atoms with Gasteiger partial charge in [-0.2, -0.15) is 0 Å². The summed E-state index contributed by atoms with van der Waals surface area (Å²) in [6.07, 6.45) is 2.38. The first kappa shape index (κ1) is 16.7. The molecule has 3 rings (SSSR count). The summed E-state index contributed by atoms with van der Waals surface area (Å²) in [5.41, 5.74) is -0.677. The summed E-state index contributed by atoms with van der Waals surface area (Å²) in [4.78, 5) is 38.8. The Labute approximate surface area is 142 Å². The fraction of sp³-hybridized carbons (Fsp3) is 0.438. The molecule has 1 saturated carbocycles. The minimum Gasteiger partial charge on any atom is -0.393 e. The Morgan fingerprint density at radius 2 is 2.25 bits per heavy atom. The van der Waals surface area contributed by atoms with Crippen LogP contribution in [0.4, 0.5) is 0 Å². The van der Waals surface area contributed by atoms with Crippen molar-refractivity contribution in [1.82, 2.24) is 14.9 Å². The van der Waals surface area contributed by atoms with Crippen molar-refractivity contribution < 1.29 is 9.90 Å². The number of aromatic nitrogens is 2. The van der Waals surface area contributed by atoms with Crippen LogP contribution in [0.15, 0.2) is 33.3 Å². The van der Waals surface area contributed by atoms with Crippen molar-refractivity contribution in [2.24, 2.45) is 5.92 Å². The van der Waals surface area contributed by atoms with Crippen LogP contribution in [0.3, 0.4) is 0 Å². The molecule has 1 fully saturated rings. The molecule has 1 amide bonds. The molecule has 8 heteroatoms. The first-order valence-corrected chi connectivity index (χ1v) is 8.63. The predicted octanol–water partition coefficient (Wildman–Crippen LogP) is 0.535. The number of amides is 1. The lowest BCUT2D eigenvalue weighted by molar-refractivity contribution is -0.123. The SMILES string of the molecule is Cc1cn(CC(=O)N[C@@H](c2cccs2)C2CC(O)C2)c(=O)[nH]c1=O. The summed E-state index contributed by atoms with van der Waals surface area (Å²) in [5, 5.41) is 14.4. The molecule has 2 heterocycles. The van der Waals surface area contributed by atoms with Gasteiger partial charge < -0.3 is 10.4 Å². The highest BCUT2D eigenvalue weighted by Gasteiger charge is 2.36. The van der Waals surface area contributed by atoms with Crippen molar-refractivity contribution in [2.45, 2.75) is 38.5 Å². The van der Waals surface area contributed by atoms with Gasteiger partial charge in [0, 0.05) is 16.6 Å². The van der Waals surface area contributed by atoms with Crippen LogP contribution in [-0.4, -0.2) is 26.7 Å². The fourth-order valence-corrected chi connectivity index (χ4v) is 3.77. The molecule has 2 aromatic heterocycles. The van der Waals surface area contributed by atoms with Gasteiger partial charge in [-0.15, -0.1) is 11.3 Å². The Morgan fingerprint density at radius 3 is 2.88 bits per heavy atom. The topological polar surface area (TPSA) is 104 Å². The molecule has 128 valence electrons. The highest BCUT2D eigenvalue weighted by atomic mass is 32.1. The average molecular weight is 349 g/mol. The summed E-state index contributed by atoms with van der Waals surface area (Å²) < 4.78 is 1.19. The van der Waals surface area contributed by atoms with Crippen LogP contribution >= 0.6 is 11.3 Å². The van der Waals surface area contributed by atoms with Gasteiger partial charge in [0.2, 0.25) is 5.91 Å². The molecule has 1 aliphatic rings. The number of aliphatic hydroxyl groups excluding tert-OH is 1. The normalized spacial score (nSPS) is 21.1. The smallest absolute Gasteiger partial charge is 0.328 e. The molecule has 3 N–H and O–H groups in total. The van der Waals surface area contributed by atoms with Gasteiger partial charge >= 0.3 is 5.69 Å². The maximum Gasteiger partial charge on any atom is 0.328 e. The molecule has 2 aromatic rings. The second-order valence-corrected chi connectivity index (χ2v) is 7.12. The van der Waals surface area contributed by atoms with Crippen LogP contribution in [0, 0.1) is 12.8 Å². The minimum absolute atomic E-state index is 0.159. The van der Waals surface area contributed by atoms with Gasteiger partial charge in [0.05, 0.1) is 12.1 Å². The van der Waals surface area contributed by atoms with E-state index in [0.717, 1.165) is 4.88 Å². The Bertz CT molecular complexity index is 834. The van der Waals surface area contributed by atoms with Gasteiger partial charge in [-0.1, -0.05) is 6.07 Å². The van der Waals surface area contributed by atoms with Crippen molar-refractivity contribution in [2.75, 3.05) is 0 Å². The second-order valence-electron chi connectivity index (χ2n) is 6.15. The maximum absolute atomic E-state index is 12.4. The number of nitrogens with one attached hydrogen (secondary N) is 2. The Hall–Kier alpha value is -2.19. The average Bonchev–Trinajstić information content (AvgIpc) is 3.01. The van der Waals surface area contributed by atoms with Gasteiger partial charge in [0.1, 0.15) is 6.54 Å². The molecule has 1 atom stereocenters. The zero-order chi connectivity index (χ0) is 17.3. The lowest BCUT2D eigenvalue weighted by Gasteiger charge is -2.37. The van der Waals surface area contributed by atoms with Crippen molar-refractivity contribution in [3.8, 4) is 0 Å². The van der Waals surface area contributed by atoms with Crippen molar-refractivity contribution >= 4 is 17.2 Å². The van der Waals surface area contributed by atoms with Gasteiger partial charge in [0.25, 0.3) is 5.56 Å². The van der Waals surface area contributed by atoms with E-state index in [1.165, 1.54) is 10.8 Å². The molecule has 0 aliphatic heterocycles. The molecule has 0 saturated heterocycles. The number of carbonyl (C=O) groups is 1. The lowest BCUT2D eigenvalue weighted by Crippen LogP contribution is -2.43. The summed E-state index contributed by atoms with van der Waals surface area (Å²) in [5.74, 6) is -0.111. The van der Waals surface area contributed by atoms with E-state index in [2.05, 4.69) is 10.3 Å². The van der Waals surface area contributed by atoms with E-state index in [1.807, 2.05) is 17.5 Å². The molecule has 0 unspecified atom stereocenters. The van der Waals surface area contributed by atoms with Crippen molar-refractivity contribution in [3.05, 3.63) is 55.0 Å². The minimum atomic E-state index is -0.604. The maximum atomic E-state index is 12.4. The van der Waals surface area contributed by atoms with Crippen LogP contribution in [0.1, 0.15) is 29.3 Å². The van der Waals surface area contributed by atoms with Crippen LogP contribution in [0.2, 0.25) is 0 Å². The molecule has 0 spiro atoms. The third kappa shape index (κ3) is 3.49. The van der Waals surface area contributed by atoms with Crippen LogP contribution in [0.25, 0.3) is 0 Å². The number of rotatable bonds is 5. The first-order chi connectivity index (χ1) is 11.4. The van der Waals surface area contributed by atoms with Gasteiger partial charge in [-0.25, -0.2) is 4.79 Å². The molecular formula is C16H19N3O4S. The Morgan fingerprint density at radius 1 is 1.50 bits per heavy atom. The van der Waals surface area contributed by atoms with E-state index in [9.17, 15) is 19.5 Å². The Balaban J connectivity index is 1.73. The third-order valence-electron chi connectivity index (χ3n) is 4.29. The number of hydrogen-bond donors (Lipinski definition) is 3. The number of aliphatic hydroxyl groups is 1. The van der Waals surface area contributed by atoms with Crippen LogP contribution < -0.4 is 16.6 Å². The largest absolute Gasteiger partial charge is 0.393 e. The zero-order valence-corrected chi connectivity index (χ0v) is 14.0. The number of H-pyrrole nitrogens is 1. The van der Waals surface area contributed by atoms with E-state index in [0.29, 0.717) is 18.4 Å². The highest BCUT2D eigenvalue weighted by Crippen LogP contribution is 2.39. The van der Waals surface area contributed by atoms with E-state index in [4.69, 9.17) is 0 Å². The van der Waals surface area contributed by atoms with E-state index in [-0.39, 0.29) is 30.5 Å². The van der Waals surface area contributed by atoms with Gasteiger partial charge in [-0.05, 0) is 37.1 Å². The standard InChI is InChI=1S/C16H19N3O4S/c1-9-7-19(16(23)18-15(9)22)8-13(21)17-14(10-5-11(20)6-10)12-3-2-4-24-12/h2-4,7,10-11,14,20H,5-6,8H2,1H3,(H,17,21)(H,18,22,23)/t10?,11?,14-/m1/s1. The molecule has 24 heavy (non-hydrogen) atoms. The number of aryl methyl sites for hydroxylation is 1. The lowest BCUT2D eigenvalue weighted by atomic mass is 9.77. The van der Waals surface area contributed by atoms with Crippen molar-refractivity contribution in [1.29, 1.82) is 0 Å². The van der Waals surface area contributed by atoms with Gasteiger partial charge in [0.15, 0.2) is 0 Å². The summed E-state index contributed by atoms with van der Waals surface area (Å²) in [7, 11) is 0. The fourth-order valence-electron chi connectivity index (χ4n) is 2.90. The summed E-state index contributed by atoms with van der Waals surface area (Å²) in [6.45, 7) is 1.42.